The predicted molar refractivity (Wildman–Crippen MR) is 82.7 cm³/mol. The van der Waals surface area contributed by atoms with Gasteiger partial charge in [-0.15, -0.1) is 0 Å². The summed E-state index contributed by atoms with van der Waals surface area (Å²) in [6.07, 6.45) is 7.39. The van der Waals surface area contributed by atoms with Crippen LogP contribution in [0.25, 0.3) is 0 Å². The van der Waals surface area contributed by atoms with Crippen molar-refractivity contribution in [1.29, 1.82) is 0 Å². The standard InChI is InChI=1S/C18H27NO/c1-13-5-6-15(11-14(13)2)17(19)16-7-10-20-18(12-16)8-3-4-9-18/h5-6,11,16-17H,3-4,7-10,12,19H2,1-2H3. The van der Waals surface area contributed by atoms with Crippen LogP contribution in [0.5, 0.6) is 0 Å². The number of aryl methyl sites for hydroxylation is 2. The number of nitrogens with two attached hydrogens (primary N) is 1. The molecular formula is C18H27NO. The second-order valence-corrected chi connectivity index (χ2v) is 6.86. The molecule has 2 aliphatic rings. The summed E-state index contributed by atoms with van der Waals surface area (Å²) in [6, 6.07) is 6.85. The minimum atomic E-state index is 0.163. The smallest absolute Gasteiger partial charge is 0.0685 e. The Hall–Kier alpha value is -0.860. The second-order valence-electron chi connectivity index (χ2n) is 6.86. The summed E-state index contributed by atoms with van der Waals surface area (Å²) in [7, 11) is 0. The number of hydrogen-bond donors (Lipinski definition) is 1. The van der Waals surface area contributed by atoms with E-state index in [2.05, 4.69) is 32.0 Å². The quantitative estimate of drug-likeness (QED) is 0.882. The number of ether oxygens (including phenoxy) is 1. The molecule has 2 nitrogen and oxygen atoms in total. The van der Waals surface area contributed by atoms with Crippen molar-refractivity contribution in [2.45, 2.75) is 64.0 Å². The minimum absolute atomic E-state index is 0.163. The molecule has 1 aromatic rings. The van der Waals surface area contributed by atoms with Crippen LogP contribution in [-0.4, -0.2) is 12.2 Å². The number of rotatable bonds is 2. The Morgan fingerprint density at radius 2 is 1.95 bits per heavy atom. The van der Waals surface area contributed by atoms with Gasteiger partial charge < -0.3 is 10.5 Å². The molecule has 0 aromatic heterocycles. The fourth-order valence-electron chi connectivity index (χ4n) is 3.98. The Labute approximate surface area is 122 Å². The Bertz CT molecular complexity index is 476. The first-order valence-electron chi connectivity index (χ1n) is 8.06. The van der Waals surface area contributed by atoms with Crippen LogP contribution in [0.4, 0.5) is 0 Å². The molecule has 1 aliphatic carbocycles. The minimum Gasteiger partial charge on any atom is -0.375 e. The average Bonchev–Trinajstić information content (AvgIpc) is 2.89. The maximum Gasteiger partial charge on any atom is 0.0685 e. The molecule has 2 heteroatoms. The van der Waals surface area contributed by atoms with Gasteiger partial charge in [0.2, 0.25) is 0 Å². The molecule has 0 amide bonds. The third-order valence-electron chi connectivity index (χ3n) is 5.47. The highest BCUT2D eigenvalue weighted by Crippen LogP contribution is 2.44. The molecular weight excluding hydrogens is 246 g/mol. The molecule has 1 spiro atoms. The Kier molecular flexibility index (Phi) is 3.87. The van der Waals surface area contributed by atoms with Crippen molar-refractivity contribution in [2.75, 3.05) is 6.61 Å². The van der Waals surface area contributed by atoms with Crippen molar-refractivity contribution in [2.24, 2.45) is 11.7 Å². The van der Waals surface area contributed by atoms with Gasteiger partial charge in [-0.3, -0.25) is 0 Å². The molecule has 1 saturated heterocycles. The zero-order valence-corrected chi connectivity index (χ0v) is 12.8. The topological polar surface area (TPSA) is 35.2 Å². The lowest BCUT2D eigenvalue weighted by molar-refractivity contribution is -0.0963. The number of benzene rings is 1. The fraction of sp³-hybridized carbons (Fsp3) is 0.667. The van der Waals surface area contributed by atoms with Gasteiger partial charge in [0.05, 0.1) is 5.60 Å². The lowest BCUT2D eigenvalue weighted by Gasteiger charge is -2.40. The fourth-order valence-corrected chi connectivity index (χ4v) is 3.98. The normalized spacial score (nSPS) is 26.9. The van der Waals surface area contributed by atoms with E-state index >= 15 is 0 Å². The molecule has 1 saturated carbocycles. The molecule has 3 rings (SSSR count). The van der Waals surface area contributed by atoms with Crippen molar-refractivity contribution in [3.8, 4) is 0 Å². The van der Waals surface area contributed by atoms with Crippen molar-refractivity contribution < 1.29 is 4.74 Å². The highest BCUT2D eigenvalue weighted by Gasteiger charge is 2.41. The van der Waals surface area contributed by atoms with Crippen molar-refractivity contribution in [3.63, 3.8) is 0 Å². The Balaban J connectivity index is 1.75. The van der Waals surface area contributed by atoms with Gasteiger partial charge >= 0.3 is 0 Å². The Morgan fingerprint density at radius 3 is 2.65 bits per heavy atom. The van der Waals surface area contributed by atoms with Crippen LogP contribution in [0, 0.1) is 19.8 Å². The first kappa shape index (κ1) is 14.1. The number of hydrogen-bond acceptors (Lipinski definition) is 2. The molecule has 1 heterocycles. The molecule has 1 aromatic carbocycles. The zero-order chi connectivity index (χ0) is 14.2. The van der Waals surface area contributed by atoms with Crippen LogP contribution in [0.15, 0.2) is 18.2 Å². The summed E-state index contributed by atoms with van der Waals surface area (Å²) >= 11 is 0. The van der Waals surface area contributed by atoms with Crippen LogP contribution in [0.3, 0.4) is 0 Å². The maximum atomic E-state index is 6.58. The van der Waals surface area contributed by atoms with Crippen LogP contribution >= 0.6 is 0 Å². The van der Waals surface area contributed by atoms with Crippen molar-refractivity contribution in [1.82, 2.24) is 0 Å². The molecule has 20 heavy (non-hydrogen) atoms. The first-order valence-corrected chi connectivity index (χ1v) is 8.06. The second kappa shape index (κ2) is 5.50. The van der Waals surface area contributed by atoms with Gasteiger partial charge in [0, 0.05) is 12.6 Å². The van der Waals surface area contributed by atoms with Crippen LogP contribution < -0.4 is 5.73 Å². The monoisotopic (exact) mass is 273 g/mol. The summed E-state index contributed by atoms with van der Waals surface area (Å²) in [5.41, 5.74) is 10.7. The van der Waals surface area contributed by atoms with E-state index in [1.54, 1.807) is 0 Å². The summed E-state index contributed by atoms with van der Waals surface area (Å²) in [4.78, 5) is 0. The summed E-state index contributed by atoms with van der Waals surface area (Å²) in [5, 5.41) is 0. The lowest BCUT2D eigenvalue weighted by Crippen LogP contribution is -2.40. The van der Waals surface area contributed by atoms with Gasteiger partial charge in [-0.2, -0.15) is 0 Å². The van der Waals surface area contributed by atoms with E-state index < -0.39 is 0 Å². The third kappa shape index (κ3) is 2.64. The Morgan fingerprint density at radius 1 is 1.20 bits per heavy atom. The van der Waals surface area contributed by atoms with Crippen molar-refractivity contribution in [3.05, 3.63) is 34.9 Å². The summed E-state index contributed by atoms with van der Waals surface area (Å²) in [6.45, 7) is 5.23. The SMILES string of the molecule is Cc1ccc(C(N)C2CCOC3(CCCC3)C2)cc1C. The highest BCUT2D eigenvalue weighted by molar-refractivity contribution is 5.32. The van der Waals surface area contributed by atoms with E-state index in [1.165, 1.54) is 42.4 Å². The summed E-state index contributed by atoms with van der Waals surface area (Å²) in [5.74, 6) is 0.573. The van der Waals surface area contributed by atoms with E-state index in [0.29, 0.717) is 5.92 Å². The lowest BCUT2D eigenvalue weighted by atomic mass is 9.78. The van der Waals surface area contributed by atoms with Crippen molar-refractivity contribution >= 4 is 0 Å². The van der Waals surface area contributed by atoms with Gasteiger partial charge in [-0.05, 0) is 62.1 Å². The molecule has 0 bridgehead atoms. The average molecular weight is 273 g/mol. The van der Waals surface area contributed by atoms with Crippen LogP contribution in [-0.2, 0) is 4.74 Å². The molecule has 110 valence electrons. The molecule has 2 fully saturated rings. The van der Waals surface area contributed by atoms with Crippen LogP contribution in [0.1, 0.15) is 61.3 Å². The predicted octanol–water partition coefficient (Wildman–Crippen LogP) is 4.04. The van der Waals surface area contributed by atoms with Gasteiger partial charge in [0.1, 0.15) is 0 Å². The molecule has 2 atom stereocenters. The maximum absolute atomic E-state index is 6.58. The van der Waals surface area contributed by atoms with E-state index in [0.717, 1.165) is 19.4 Å². The molecule has 0 radical (unpaired) electrons. The van der Waals surface area contributed by atoms with Gasteiger partial charge in [-0.25, -0.2) is 0 Å². The van der Waals surface area contributed by atoms with E-state index in [4.69, 9.17) is 10.5 Å². The van der Waals surface area contributed by atoms with Gasteiger partial charge in [0.15, 0.2) is 0 Å². The van der Waals surface area contributed by atoms with Gasteiger partial charge in [0.25, 0.3) is 0 Å². The molecule has 2 N–H and O–H groups in total. The van der Waals surface area contributed by atoms with E-state index in [9.17, 15) is 0 Å². The van der Waals surface area contributed by atoms with E-state index in [-0.39, 0.29) is 11.6 Å². The largest absolute Gasteiger partial charge is 0.375 e. The third-order valence-corrected chi connectivity index (χ3v) is 5.47. The van der Waals surface area contributed by atoms with Crippen LogP contribution in [0.2, 0.25) is 0 Å². The molecule has 1 aliphatic heterocycles. The molecule has 2 unspecified atom stereocenters. The zero-order valence-electron chi connectivity index (χ0n) is 12.8. The summed E-state index contributed by atoms with van der Waals surface area (Å²) < 4.78 is 6.13. The van der Waals surface area contributed by atoms with E-state index in [1.807, 2.05) is 0 Å². The van der Waals surface area contributed by atoms with Gasteiger partial charge in [-0.1, -0.05) is 31.0 Å². The first-order chi connectivity index (χ1) is 9.60. The highest BCUT2D eigenvalue weighted by atomic mass is 16.5.